The van der Waals surface area contributed by atoms with Crippen LogP contribution < -0.4 is 5.32 Å². The van der Waals surface area contributed by atoms with Gasteiger partial charge in [-0.2, -0.15) is 0 Å². The maximum absolute atomic E-state index is 3.47. The van der Waals surface area contributed by atoms with Crippen LogP contribution in [0, 0.1) is 19.3 Å². The molecule has 2 rings (SSSR count). The molecule has 0 aliphatic carbocycles. The lowest BCUT2D eigenvalue weighted by Crippen LogP contribution is -2.37. The lowest BCUT2D eigenvalue weighted by atomic mass is 9.79. The molecule has 1 aromatic rings. The minimum absolute atomic E-state index is 0.289. The quantitative estimate of drug-likeness (QED) is 0.774. The van der Waals surface area contributed by atoms with Crippen molar-refractivity contribution in [2.75, 3.05) is 13.1 Å². The summed E-state index contributed by atoms with van der Waals surface area (Å²) in [6.07, 6.45) is 3.55. The van der Waals surface area contributed by atoms with Gasteiger partial charge < -0.3 is 5.32 Å². The zero-order valence-corrected chi connectivity index (χ0v) is 11.4. The number of aryl methyl sites for hydroxylation is 2. The average Bonchev–Trinajstić information content (AvgIpc) is 2.26. The largest absolute Gasteiger partial charge is 0.316 e. The Morgan fingerprint density at radius 1 is 1.18 bits per heavy atom. The molecule has 0 aromatic heterocycles. The molecule has 0 amide bonds. The maximum atomic E-state index is 3.47. The Labute approximate surface area is 105 Å². The van der Waals surface area contributed by atoms with Crippen molar-refractivity contribution < 1.29 is 0 Å². The van der Waals surface area contributed by atoms with Crippen LogP contribution in [-0.2, 0) is 0 Å². The van der Waals surface area contributed by atoms with Crippen molar-refractivity contribution in [3.05, 3.63) is 40.5 Å². The lowest BCUT2D eigenvalue weighted by Gasteiger charge is -2.33. The fourth-order valence-corrected chi connectivity index (χ4v) is 2.40. The summed E-state index contributed by atoms with van der Waals surface area (Å²) in [6, 6.07) is 6.74. The standard InChI is InChI=1S/C16H23N/c1-12-5-6-14(9-13(12)2)10-15-7-8-17-11-16(15,3)4/h5-6,9-10,17H,7-8,11H2,1-4H3/b15-10-. The lowest BCUT2D eigenvalue weighted by molar-refractivity contribution is 0.360. The fraction of sp³-hybridized carbons (Fsp3) is 0.500. The van der Waals surface area contributed by atoms with Crippen LogP contribution >= 0.6 is 0 Å². The minimum Gasteiger partial charge on any atom is -0.316 e. The molecule has 1 heterocycles. The molecule has 0 radical (unpaired) electrons. The molecule has 1 N–H and O–H groups in total. The first-order valence-electron chi connectivity index (χ1n) is 6.48. The van der Waals surface area contributed by atoms with E-state index in [1.54, 1.807) is 5.57 Å². The monoisotopic (exact) mass is 229 g/mol. The summed E-state index contributed by atoms with van der Waals surface area (Å²) >= 11 is 0. The van der Waals surface area contributed by atoms with Crippen molar-refractivity contribution in [3.63, 3.8) is 0 Å². The Bertz CT molecular complexity index is 441. The van der Waals surface area contributed by atoms with Crippen LogP contribution in [0.3, 0.4) is 0 Å². The van der Waals surface area contributed by atoms with Gasteiger partial charge in [-0.3, -0.25) is 0 Å². The highest BCUT2D eigenvalue weighted by Crippen LogP contribution is 2.32. The van der Waals surface area contributed by atoms with E-state index in [2.05, 4.69) is 57.3 Å². The zero-order chi connectivity index (χ0) is 12.5. The normalized spacial score (nSPS) is 21.8. The Morgan fingerprint density at radius 3 is 2.59 bits per heavy atom. The van der Waals surface area contributed by atoms with Crippen LogP contribution in [0.1, 0.15) is 37.0 Å². The van der Waals surface area contributed by atoms with Gasteiger partial charge in [-0.15, -0.1) is 0 Å². The van der Waals surface area contributed by atoms with Crippen LogP contribution in [0.2, 0.25) is 0 Å². The van der Waals surface area contributed by atoms with E-state index < -0.39 is 0 Å². The number of hydrogen-bond donors (Lipinski definition) is 1. The summed E-state index contributed by atoms with van der Waals surface area (Å²) in [5.74, 6) is 0. The first kappa shape index (κ1) is 12.4. The highest BCUT2D eigenvalue weighted by atomic mass is 14.9. The third-order valence-corrected chi connectivity index (χ3v) is 3.88. The smallest absolute Gasteiger partial charge is 0.00401 e. The van der Waals surface area contributed by atoms with E-state index in [0.29, 0.717) is 0 Å². The molecular weight excluding hydrogens is 206 g/mol. The second-order valence-corrected chi connectivity index (χ2v) is 5.82. The van der Waals surface area contributed by atoms with E-state index in [1.165, 1.54) is 23.1 Å². The molecule has 0 unspecified atom stereocenters. The van der Waals surface area contributed by atoms with E-state index in [-0.39, 0.29) is 5.41 Å². The van der Waals surface area contributed by atoms with Crippen LogP contribution in [0.15, 0.2) is 23.8 Å². The molecule has 92 valence electrons. The molecular formula is C16H23N. The second kappa shape index (κ2) is 4.66. The second-order valence-electron chi connectivity index (χ2n) is 5.82. The third-order valence-electron chi connectivity index (χ3n) is 3.88. The van der Waals surface area contributed by atoms with Crippen molar-refractivity contribution in [2.45, 2.75) is 34.1 Å². The summed E-state index contributed by atoms with van der Waals surface area (Å²) in [5.41, 5.74) is 5.96. The molecule has 0 bridgehead atoms. The molecule has 1 aromatic carbocycles. The Kier molecular flexibility index (Phi) is 3.39. The van der Waals surface area contributed by atoms with E-state index in [0.717, 1.165) is 13.1 Å². The maximum Gasteiger partial charge on any atom is 0.00401 e. The summed E-state index contributed by atoms with van der Waals surface area (Å²) in [7, 11) is 0. The highest BCUT2D eigenvalue weighted by molar-refractivity contribution is 5.56. The molecule has 1 aliphatic heterocycles. The molecule has 1 heteroatoms. The predicted octanol–water partition coefficient (Wildman–Crippen LogP) is 3.71. The molecule has 17 heavy (non-hydrogen) atoms. The van der Waals surface area contributed by atoms with Gasteiger partial charge in [0.1, 0.15) is 0 Å². The molecule has 1 nitrogen and oxygen atoms in total. The first-order chi connectivity index (χ1) is 7.99. The van der Waals surface area contributed by atoms with Gasteiger partial charge in [-0.1, -0.05) is 43.7 Å². The van der Waals surface area contributed by atoms with Crippen LogP contribution in [0.4, 0.5) is 0 Å². The van der Waals surface area contributed by atoms with Crippen molar-refractivity contribution in [2.24, 2.45) is 5.41 Å². The molecule has 0 spiro atoms. The third kappa shape index (κ3) is 2.78. The van der Waals surface area contributed by atoms with E-state index in [1.807, 2.05) is 0 Å². The summed E-state index contributed by atoms with van der Waals surface area (Å²) in [5, 5.41) is 3.47. The Morgan fingerprint density at radius 2 is 1.94 bits per heavy atom. The van der Waals surface area contributed by atoms with Crippen molar-refractivity contribution in [1.82, 2.24) is 5.32 Å². The van der Waals surface area contributed by atoms with Gasteiger partial charge in [-0.05, 0) is 48.9 Å². The molecule has 0 saturated carbocycles. The van der Waals surface area contributed by atoms with Crippen molar-refractivity contribution in [3.8, 4) is 0 Å². The van der Waals surface area contributed by atoms with Gasteiger partial charge in [0.15, 0.2) is 0 Å². The van der Waals surface area contributed by atoms with Gasteiger partial charge in [-0.25, -0.2) is 0 Å². The Balaban J connectivity index is 2.31. The van der Waals surface area contributed by atoms with E-state index in [9.17, 15) is 0 Å². The molecule has 0 atom stereocenters. The predicted molar refractivity (Wildman–Crippen MR) is 75.2 cm³/mol. The topological polar surface area (TPSA) is 12.0 Å². The van der Waals surface area contributed by atoms with Gasteiger partial charge >= 0.3 is 0 Å². The summed E-state index contributed by atoms with van der Waals surface area (Å²) in [6.45, 7) is 11.2. The average molecular weight is 229 g/mol. The van der Waals surface area contributed by atoms with Gasteiger partial charge in [0, 0.05) is 6.54 Å². The van der Waals surface area contributed by atoms with Crippen molar-refractivity contribution >= 4 is 6.08 Å². The minimum atomic E-state index is 0.289. The van der Waals surface area contributed by atoms with Crippen molar-refractivity contribution in [1.29, 1.82) is 0 Å². The SMILES string of the molecule is Cc1ccc(/C=C2/CCNCC2(C)C)cc1C. The molecule has 1 fully saturated rings. The van der Waals surface area contributed by atoms with E-state index in [4.69, 9.17) is 0 Å². The molecule has 1 aliphatic rings. The van der Waals surface area contributed by atoms with Crippen LogP contribution in [-0.4, -0.2) is 13.1 Å². The van der Waals surface area contributed by atoms with Gasteiger partial charge in [0.25, 0.3) is 0 Å². The molecule has 1 saturated heterocycles. The van der Waals surface area contributed by atoms with E-state index >= 15 is 0 Å². The van der Waals surface area contributed by atoms with Gasteiger partial charge in [0.05, 0.1) is 0 Å². The van der Waals surface area contributed by atoms with Crippen LogP contribution in [0.5, 0.6) is 0 Å². The number of nitrogens with one attached hydrogen (secondary N) is 1. The van der Waals surface area contributed by atoms with Crippen LogP contribution in [0.25, 0.3) is 6.08 Å². The highest BCUT2D eigenvalue weighted by Gasteiger charge is 2.25. The number of benzene rings is 1. The Hall–Kier alpha value is -1.08. The number of piperidine rings is 1. The van der Waals surface area contributed by atoms with Gasteiger partial charge in [0.2, 0.25) is 0 Å². The summed E-state index contributed by atoms with van der Waals surface area (Å²) in [4.78, 5) is 0. The fourth-order valence-electron chi connectivity index (χ4n) is 2.40. The number of hydrogen-bond acceptors (Lipinski definition) is 1. The summed E-state index contributed by atoms with van der Waals surface area (Å²) < 4.78 is 0. The number of rotatable bonds is 1. The zero-order valence-electron chi connectivity index (χ0n) is 11.4. The first-order valence-corrected chi connectivity index (χ1v) is 6.48.